The molecular weight excluding hydrogens is 443 g/mol. The van der Waals surface area contributed by atoms with Crippen molar-refractivity contribution >= 4 is 28.6 Å². The molecule has 2 N–H and O–H groups in total. The minimum atomic E-state index is -4.41. The summed E-state index contributed by atoms with van der Waals surface area (Å²) >= 11 is 0. The third-order valence-corrected chi connectivity index (χ3v) is 6.21. The van der Waals surface area contributed by atoms with Crippen molar-refractivity contribution in [2.75, 3.05) is 30.9 Å². The van der Waals surface area contributed by atoms with Gasteiger partial charge in [0, 0.05) is 37.6 Å². The summed E-state index contributed by atoms with van der Waals surface area (Å²) in [6, 6.07) is 12.5. The molecule has 180 valence electrons. The lowest BCUT2D eigenvalue weighted by Gasteiger charge is -2.29. The fourth-order valence-corrected chi connectivity index (χ4v) is 4.31. The van der Waals surface area contributed by atoms with Gasteiger partial charge < -0.3 is 15.5 Å². The minimum absolute atomic E-state index is 0.230. The van der Waals surface area contributed by atoms with Crippen LogP contribution in [0.25, 0.3) is 10.9 Å². The molecular formula is C25H28F3N5O. The Bertz CT molecular complexity index is 1140. The third-order valence-electron chi connectivity index (χ3n) is 6.21. The number of fused-ring (bicyclic) bond motifs is 1. The Kier molecular flexibility index (Phi) is 6.90. The number of benzene rings is 2. The molecule has 1 heterocycles. The zero-order chi connectivity index (χ0) is 24.3. The van der Waals surface area contributed by atoms with Crippen molar-refractivity contribution in [2.45, 2.75) is 37.9 Å². The van der Waals surface area contributed by atoms with Crippen molar-refractivity contribution in [3.8, 4) is 0 Å². The molecule has 1 aromatic heterocycles. The molecule has 0 radical (unpaired) electrons. The minimum Gasteiger partial charge on any atom is -0.362 e. The summed E-state index contributed by atoms with van der Waals surface area (Å²) in [7, 11) is 3.92. The SMILES string of the molecule is CN(C)c1nc(NC2CCC(CNC(=O)c3ccc(C(F)(F)F)cc3)CC2)nc2ccccc12. The molecule has 0 atom stereocenters. The highest BCUT2D eigenvalue weighted by atomic mass is 19.4. The van der Waals surface area contributed by atoms with Gasteiger partial charge >= 0.3 is 6.18 Å². The number of nitrogens with zero attached hydrogens (tertiary/aromatic N) is 3. The number of carbonyl (C=O) groups excluding carboxylic acids is 1. The van der Waals surface area contributed by atoms with Crippen molar-refractivity contribution in [2.24, 2.45) is 5.92 Å². The number of halogens is 3. The first-order valence-electron chi connectivity index (χ1n) is 11.4. The van der Waals surface area contributed by atoms with Crippen LogP contribution in [0.2, 0.25) is 0 Å². The maximum atomic E-state index is 12.7. The van der Waals surface area contributed by atoms with E-state index in [-0.39, 0.29) is 17.5 Å². The number of rotatable bonds is 6. The van der Waals surface area contributed by atoms with Crippen molar-refractivity contribution in [1.29, 1.82) is 0 Å². The maximum Gasteiger partial charge on any atom is 0.416 e. The third kappa shape index (κ3) is 5.58. The molecule has 0 spiro atoms. The molecule has 0 aliphatic heterocycles. The van der Waals surface area contributed by atoms with Gasteiger partial charge in [0.2, 0.25) is 5.95 Å². The lowest BCUT2D eigenvalue weighted by atomic mass is 9.86. The Morgan fingerprint density at radius 1 is 1.00 bits per heavy atom. The second-order valence-electron chi connectivity index (χ2n) is 8.93. The van der Waals surface area contributed by atoms with Crippen LogP contribution in [-0.4, -0.2) is 42.6 Å². The first-order valence-corrected chi connectivity index (χ1v) is 11.4. The molecule has 34 heavy (non-hydrogen) atoms. The van der Waals surface area contributed by atoms with Gasteiger partial charge in [-0.25, -0.2) is 4.98 Å². The number of aromatic nitrogens is 2. The molecule has 1 amide bonds. The van der Waals surface area contributed by atoms with Gasteiger partial charge in [-0.05, 0) is 68.0 Å². The highest BCUT2D eigenvalue weighted by Crippen LogP contribution is 2.30. The van der Waals surface area contributed by atoms with E-state index in [1.165, 1.54) is 12.1 Å². The van der Waals surface area contributed by atoms with Gasteiger partial charge in [-0.1, -0.05) is 12.1 Å². The van der Waals surface area contributed by atoms with Crippen LogP contribution < -0.4 is 15.5 Å². The first-order chi connectivity index (χ1) is 16.2. The number of alkyl halides is 3. The highest BCUT2D eigenvalue weighted by molar-refractivity contribution is 5.94. The Labute approximate surface area is 196 Å². The Hall–Kier alpha value is -3.36. The van der Waals surface area contributed by atoms with Gasteiger partial charge in [0.1, 0.15) is 5.82 Å². The summed E-state index contributed by atoms with van der Waals surface area (Å²) in [5, 5.41) is 7.33. The number of anilines is 2. The second-order valence-corrected chi connectivity index (χ2v) is 8.93. The van der Waals surface area contributed by atoms with Gasteiger partial charge in [0.05, 0.1) is 11.1 Å². The first kappa shape index (κ1) is 23.8. The zero-order valence-corrected chi connectivity index (χ0v) is 19.2. The van der Waals surface area contributed by atoms with E-state index in [0.29, 0.717) is 18.4 Å². The molecule has 1 saturated carbocycles. The molecule has 1 aliphatic rings. The van der Waals surface area contributed by atoms with E-state index in [0.717, 1.165) is 54.5 Å². The molecule has 2 aromatic carbocycles. The van der Waals surface area contributed by atoms with E-state index >= 15 is 0 Å². The average Bonchev–Trinajstić information content (AvgIpc) is 2.82. The molecule has 0 unspecified atom stereocenters. The molecule has 6 nitrogen and oxygen atoms in total. The van der Waals surface area contributed by atoms with Crippen LogP contribution in [0, 0.1) is 5.92 Å². The van der Waals surface area contributed by atoms with Gasteiger partial charge in [-0.3, -0.25) is 4.79 Å². The number of hydrogen-bond acceptors (Lipinski definition) is 5. The van der Waals surface area contributed by atoms with E-state index in [2.05, 4.69) is 15.6 Å². The summed E-state index contributed by atoms with van der Waals surface area (Å²) in [4.78, 5) is 23.7. The predicted molar refractivity (Wildman–Crippen MR) is 127 cm³/mol. The molecule has 1 fully saturated rings. The van der Waals surface area contributed by atoms with E-state index < -0.39 is 11.7 Å². The molecule has 3 aromatic rings. The smallest absolute Gasteiger partial charge is 0.362 e. The van der Waals surface area contributed by atoms with Crippen molar-refractivity contribution in [3.05, 3.63) is 59.7 Å². The van der Waals surface area contributed by atoms with Crippen molar-refractivity contribution in [1.82, 2.24) is 15.3 Å². The molecule has 1 aliphatic carbocycles. The summed E-state index contributed by atoms with van der Waals surface area (Å²) in [5.74, 6) is 1.45. The van der Waals surface area contributed by atoms with Crippen LogP contribution in [0.1, 0.15) is 41.6 Å². The van der Waals surface area contributed by atoms with Gasteiger partial charge in [0.15, 0.2) is 0 Å². The van der Waals surface area contributed by atoms with Crippen molar-refractivity contribution in [3.63, 3.8) is 0 Å². The van der Waals surface area contributed by atoms with Crippen molar-refractivity contribution < 1.29 is 18.0 Å². The van der Waals surface area contributed by atoms with Gasteiger partial charge in [-0.15, -0.1) is 0 Å². The van der Waals surface area contributed by atoms with E-state index in [4.69, 9.17) is 4.98 Å². The quantitative estimate of drug-likeness (QED) is 0.523. The molecule has 0 saturated heterocycles. The number of amides is 1. The number of hydrogen-bond donors (Lipinski definition) is 2. The molecule has 0 bridgehead atoms. The van der Waals surface area contributed by atoms with Gasteiger partial charge in [0.25, 0.3) is 5.91 Å². The standard InChI is InChI=1S/C25H28F3N5O/c1-33(2)22-20-5-3-4-6-21(20)31-24(32-22)30-19-13-7-16(8-14-19)15-29-23(34)17-9-11-18(12-10-17)25(26,27)28/h3-6,9-12,16,19H,7-8,13-15H2,1-2H3,(H,29,34)(H,30,31,32). The lowest BCUT2D eigenvalue weighted by molar-refractivity contribution is -0.137. The number of carbonyl (C=O) groups is 1. The Morgan fingerprint density at radius 3 is 2.32 bits per heavy atom. The number of nitrogens with one attached hydrogen (secondary N) is 2. The second kappa shape index (κ2) is 9.87. The van der Waals surface area contributed by atoms with Crippen LogP contribution in [0.3, 0.4) is 0 Å². The van der Waals surface area contributed by atoms with Crippen LogP contribution in [-0.2, 0) is 6.18 Å². The monoisotopic (exact) mass is 471 g/mol. The fourth-order valence-electron chi connectivity index (χ4n) is 4.31. The summed E-state index contributed by atoms with van der Waals surface area (Å²) in [5.41, 5.74) is 0.361. The van der Waals surface area contributed by atoms with E-state index in [1.54, 1.807) is 0 Å². The number of para-hydroxylation sites is 1. The maximum absolute atomic E-state index is 12.7. The summed E-state index contributed by atoms with van der Waals surface area (Å²) in [6.45, 7) is 0.504. The fraction of sp³-hybridized carbons (Fsp3) is 0.400. The Balaban J connectivity index is 1.29. The van der Waals surface area contributed by atoms with Gasteiger partial charge in [-0.2, -0.15) is 18.2 Å². The van der Waals surface area contributed by atoms with Crippen LogP contribution in [0.4, 0.5) is 24.9 Å². The average molecular weight is 472 g/mol. The molecule has 4 rings (SSSR count). The van der Waals surface area contributed by atoms with E-state index in [9.17, 15) is 18.0 Å². The zero-order valence-electron chi connectivity index (χ0n) is 19.2. The topological polar surface area (TPSA) is 70.2 Å². The summed E-state index contributed by atoms with van der Waals surface area (Å²) in [6.07, 6.45) is -0.700. The predicted octanol–water partition coefficient (Wildman–Crippen LogP) is 5.12. The molecule has 9 heteroatoms. The Morgan fingerprint density at radius 2 is 1.68 bits per heavy atom. The lowest BCUT2D eigenvalue weighted by Crippen LogP contribution is -2.34. The van der Waals surface area contributed by atoms with Crippen LogP contribution in [0.15, 0.2) is 48.5 Å². The summed E-state index contributed by atoms with van der Waals surface area (Å²) < 4.78 is 38.1. The largest absolute Gasteiger partial charge is 0.416 e. The van der Waals surface area contributed by atoms with Crippen LogP contribution >= 0.6 is 0 Å². The van der Waals surface area contributed by atoms with Crippen LogP contribution in [0.5, 0.6) is 0 Å². The van der Waals surface area contributed by atoms with E-state index in [1.807, 2.05) is 43.3 Å². The highest BCUT2D eigenvalue weighted by Gasteiger charge is 2.30. The normalized spacial score (nSPS) is 18.5.